The molecule has 0 bridgehead atoms. The van der Waals surface area contributed by atoms with Crippen LogP contribution in [0.5, 0.6) is 0 Å². The summed E-state index contributed by atoms with van der Waals surface area (Å²) < 4.78 is 0. The fourth-order valence-corrected chi connectivity index (χ4v) is 2.14. The molecule has 19 heavy (non-hydrogen) atoms. The van der Waals surface area contributed by atoms with E-state index in [1.54, 1.807) is 0 Å². The van der Waals surface area contributed by atoms with Crippen LogP contribution in [0.3, 0.4) is 0 Å². The molecule has 102 valence electrons. The predicted molar refractivity (Wildman–Crippen MR) is 70.4 cm³/mol. The highest BCUT2D eigenvalue weighted by atomic mass is 16.4. The first-order valence-electron chi connectivity index (χ1n) is 6.39. The van der Waals surface area contributed by atoms with Gasteiger partial charge in [-0.1, -0.05) is 30.3 Å². The third kappa shape index (κ3) is 3.32. The Morgan fingerprint density at radius 3 is 2.53 bits per heavy atom. The van der Waals surface area contributed by atoms with Crippen molar-refractivity contribution in [3.63, 3.8) is 0 Å². The second-order valence-corrected chi connectivity index (χ2v) is 4.91. The van der Waals surface area contributed by atoms with Gasteiger partial charge < -0.3 is 15.7 Å². The van der Waals surface area contributed by atoms with Gasteiger partial charge in [0.25, 0.3) is 0 Å². The van der Waals surface area contributed by atoms with Gasteiger partial charge in [0.15, 0.2) is 0 Å². The fraction of sp³-hybridized carbons (Fsp3) is 0.429. The lowest BCUT2D eigenvalue weighted by Gasteiger charge is -2.38. The van der Waals surface area contributed by atoms with E-state index >= 15 is 0 Å². The van der Waals surface area contributed by atoms with Crippen molar-refractivity contribution in [2.24, 2.45) is 11.7 Å². The second-order valence-electron chi connectivity index (χ2n) is 4.91. The normalized spacial score (nSPS) is 16.8. The average Bonchev–Trinajstić information content (AvgIpc) is 2.34. The molecule has 1 heterocycles. The summed E-state index contributed by atoms with van der Waals surface area (Å²) >= 11 is 0. The maximum atomic E-state index is 11.9. The Morgan fingerprint density at radius 2 is 1.95 bits per heavy atom. The predicted octanol–water partition coefficient (Wildman–Crippen LogP) is 0.489. The van der Waals surface area contributed by atoms with Crippen molar-refractivity contribution in [3.05, 3.63) is 35.9 Å². The van der Waals surface area contributed by atoms with Gasteiger partial charge in [-0.3, -0.25) is 9.59 Å². The number of amides is 1. The molecule has 1 aliphatic heterocycles. The minimum atomic E-state index is -0.845. The van der Waals surface area contributed by atoms with Crippen molar-refractivity contribution >= 4 is 11.9 Å². The monoisotopic (exact) mass is 262 g/mol. The lowest BCUT2D eigenvalue weighted by atomic mass is 9.98. The molecule has 1 amide bonds. The number of hydrogen-bond acceptors (Lipinski definition) is 3. The summed E-state index contributed by atoms with van der Waals surface area (Å²) in [4.78, 5) is 24.1. The van der Waals surface area contributed by atoms with Crippen LogP contribution in [-0.2, 0) is 16.0 Å². The van der Waals surface area contributed by atoms with Crippen molar-refractivity contribution in [2.75, 3.05) is 13.1 Å². The Kier molecular flexibility index (Phi) is 4.16. The maximum Gasteiger partial charge on any atom is 0.310 e. The van der Waals surface area contributed by atoms with Crippen molar-refractivity contribution in [1.29, 1.82) is 0 Å². The number of aryl methyl sites for hydroxylation is 1. The number of nitrogens with zero attached hydrogens (tertiary/aromatic N) is 1. The minimum absolute atomic E-state index is 0.145. The van der Waals surface area contributed by atoms with Gasteiger partial charge in [-0.25, -0.2) is 0 Å². The van der Waals surface area contributed by atoms with Crippen LogP contribution in [0.4, 0.5) is 0 Å². The highest BCUT2D eigenvalue weighted by molar-refractivity contribution is 5.84. The van der Waals surface area contributed by atoms with E-state index in [4.69, 9.17) is 10.8 Å². The molecule has 1 aromatic rings. The Bertz CT molecular complexity index is 455. The highest BCUT2D eigenvalue weighted by Crippen LogP contribution is 2.17. The largest absolute Gasteiger partial charge is 0.481 e. The number of carboxylic acids is 1. The van der Waals surface area contributed by atoms with Gasteiger partial charge in [-0.15, -0.1) is 0 Å². The quantitative estimate of drug-likeness (QED) is 0.809. The first kappa shape index (κ1) is 13.5. The molecule has 1 saturated heterocycles. The number of nitrogens with two attached hydrogens (primary N) is 1. The number of carbonyl (C=O) groups is 2. The molecule has 1 fully saturated rings. The summed E-state index contributed by atoms with van der Waals surface area (Å²) in [7, 11) is 0. The highest BCUT2D eigenvalue weighted by Gasteiger charge is 2.37. The molecule has 1 aliphatic rings. The lowest BCUT2D eigenvalue weighted by molar-refractivity contribution is -0.153. The van der Waals surface area contributed by atoms with Crippen LogP contribution in [-0.4, -0.2) is 41.0 Å². The number of rotatable bonds is 5. The summed E-state index contributed by atoms with van der Waals surface area (Å²) in [6.45, 7) is 0.570. The van der Waals surface area contributed by atoms with Crippen molar-refractivity contribution < 1.29 is 14.7 Å². The Balaban J connectivity index is 1.76. The molecule has 0 saturated carbocycles. The zero-order chi connectivity index (χ0) is 13.8. The number of carbonyl (C=O) groups excluding carboxylic acids is 1. The summed E-state index contributed by atoms with van der Waals surface area (Å²) in [6.07, 6.45) is 1.33. The Hall–Kier alpha value is -1.88. The number of hydrogen-bond donors (Lipinski definition) is 2. The molecule has 0 radical (unpaired) electrons. The van der Waals surface area contributed by atoms with Gasteiger partial charge >= 0.3 is 5.97 Å². The molecule has 1 unspecified atom stereocenters. The maximum absolute atomic E-state index is 11.9. The fourth-order valence-electron chi connectivity index (χ4n) is 2.14. The number of likely N-dealkylation sites (tertiary alicyclic amines) is 1. The van der Waals surface area contributed by atoms with E-state index in [0.29, 0.717) is 6.42 Å². The van der Waals surface area contributed by atoms with Crippen molar-refractivity contribution in [1.82, 2.24) is 4.90 Å². The van der Waals surface area contributed by atoms with E-state index < -0.39 is 17.9 Å². The van der Waals surface area contributed by atoms with Crippen LogP contribution in [0.15, 0.2) is 30.3 Å². The number of aliphatic carboxylic acids is 1. The van der Waals surface area contributed by atoms with Crippen molar-refractivity contribution in [2.45, 2.75) is 18.9 Å². The minimum Gasteiger partial charge on any atom is -0.481 e. The van der Waals surface area contributed by atoms with Gasteiger partial charge in [0.2, 0.25) is 5.91 Å². The van der Waals surface area contributed by atoms with Crippen LogP contribution < -0.4 is 5.73 Å². The zero-order valence-electron chi connectivity index (χ0n) is 10.7. The standard InChI is InChI=1S/C14H18N2O3/c15-12(7-6-10-4-2-1-3-5-10)13(17)16-8-11(9-16)14(18)19/h1-5,11-12H,6-9,15H2,(H,18,19). The van der Waals surface area contributed by atoms with Crippen molar-refractivity contribution in [3.8, 4) is 0 Å². The van der Waals surface area contributed by atoms with Gasteiger partial charge in [-0.2, -0.15) is 0 Å². The van der Waals surface area contributed by atoms with E-state index in [9.17, 15) is 9.59 Å². The molecule has 0 aliphatic carbocycles. The Morgan fingerprint density at radius 1 is 1.32 bits per heavy atom. The molecule has 0 aromatic heterocycles. The van der Waals surface area contributed by atoms with E-state index in [1.165, 1.54) is 4.90 Å². The lowest BCUT2D eigenvalue weighted by Crippen LogP contribution is -2.57. The summed E-state index contributed by atoms with van der Waals surface area (Å²) in [5.74, 6) is -1.42. The van der Waals surface area contributed by atoms with E-state index in [2.05, 4.69) is 0 Å². The second kappa shape index (κ2) is 5.84. The zero-order valence-corrected chi connectivity index (χ0v) is 10.7. The Labute approximate surface area is 112 Å². The first-order valence-corrected chi connectivity index (χ1v) is 6.39. The SMILES string of the molecule is NC(CCc1ccccc1)C(=O)N1CC(C(=O)O)C1. The molecule has 1 aromatic carbocycles. The molecule has 0 spiro atoms. The first-order chi connectivity index (χ1) is 9.08. The van der Waals surface area contributed by atoms with Gasteiger partial charge in [0, 0.05) is 13.1 Å². The number of benzene rings is 1. The van der Waals surface area contributed by atoms with Crippen LogP contribution in [0.1, 0.15) is 12.0 Å². The molecule has 1 atom stereocenters. The number of carboxylic acid groups (broad SMARTS) is 1. The third-order valence-electron chi connectivity index (χ3n) is 3.45. The molecular formula is C14H18N2O3. The van der Waals surface area contributed by atoms with Crippen LogP contribution in [0, 0.1) is 5.92 Å². The molecular weight excluding hydrogens is 244 g/mol. The van der Waals surface area contributed by atoms with Crippen LogP contribution >= 0.6 is 0 Å². The van der Waals surface area contributed by atoms with E-state index in [0.717, 1.165) is 12.0 Å². The summed E-state index contributed by atoms with van der Waals surface area (Å²) in [5.41, 5.74) is 7.01. The topological polar surface area (TPSA) is 83.6 Å². The molecule has 5 nitrogen and oxygen atoms in total. The van der Waals surface area contributed by atoms with E-state index in [-0.39, 0.29) is 19.0 Å². The van der Waals surface area contributed by atoms with Crippen LogP contribution in [0.2, 0.25) is 0 Å². The average molecular weight is 262 g/mol. The van der Waals surface area contributed by atoms with E-state index in [1.807, 2.05) is 30.3 Å². The molecule has 2 rings (SSSR count). The van der Waals surface area contributed by atoms with Crippen LogP contribution in [0.25, 0.3) is 0 Å². The van der Waals surface area contributed by atoms with Gasteiger partial charge in [0.1, 0.15) is 0 Å². The molecule has 5 heteroatoms. The molecule has 3 N–H and O–H groups in total. The summed E-state index contributed by atoms with van der Waals surface area (Å²) in [5, 5.41) is 8.75. The summed E-state index contributed by atoms with van der Waals surface area (Å²) in [6, 6.07) is 9.31. The smallest absolute Gasteiger partial charge is 0.310 e. The van der Waals surface area contributed by atoms with Gasteiger partial charge in [0.05, 0.1) is 12.0 Å². The van der Waals surface area contributed by atoms with Gasteiger partial charge in [-0.05, 0) is 18.4 Å². The third-order valence-corrected chi connectivity index (χ3v) is 3.45.